The lowest BCUT2D eigenvalue weighted by Crippen LogP contribution is -2.34. The fraction of sp³-hybridized carbons (Fsp3) is 0.348. The smallest absolute Gasteiger partial charge is 0.261 e. The number of thiocarbonyl (C=S) groups is 1. The van der Waals surface area contributed by atoms with E-state index in [1.54, 1.807) is 30.3 Å². The first-order valence-electron chi connectivity index (χ1n) is 10.4. The minimum atomic E-state index is -0.370. The van der Waals surface area contributed by atoms with Crippen LogP contribution in [0.15, 0.2) is 46.9 Å². The standard InChI is InChI=1S/C23H28BrN3O3S/c1-3-5-6-10-21(28)25-17-8-7-9-18(15-17)26-23(31)27-22(29)19-14-16(24)11-12-20(19)30-13-4-2/h7-9,11-12,14-15H,3-6,10,13H2,1-2H3,(H,25,28)(H2,26,27,29,31). The van der Waals surface area contributed by atoms with E-state index in [-0.39, 0.29) is 16.9 Å². The minimum Gasteiger partial charge on any atom is -0.493 e. The summed E-state index contributed by atoms with van der Waals surface area (Å²) in [6, 6.07) is 12.4. The number of halogens is 1. The van der Waals surface area contributed by atoms with E-state index in [4.69, 9.17) is 17.0 Å². The number of nitrogens with one attached hydrogen (secondary N) is 3. The second kappa shape index (κ2) is 13.1. The maximum Gasteiger partial charge on any atom is 0.261 e. The fourth-order valence-corrected chi connectivity index (χ4v) is 3.36. The summed E-state index contributed by atoms with van der Waals surface area (Å²) in [4.78, 5) is 24.8. The average Bonchev–Trinajstić information content (AvgIpc) is 2.73. The molecule has 0 aliphatic rings. The van der Waals surface area contributed by atoms with E-state index in [1.807, 2.05) is 19.1 Å². The van der Waals surface area contributed by atoms with E-state index in [0.717, 1.165) is 30.2 Å². The second-order valence-electron chi connectivity index (χ2n) is 6.98. The maximum atomic E-state index is 12.7. The lowest BCUT2D eigenvalue weighted by atomic mass is 10.2. The van der Waals surface area contributed by atoms with Crippen molar-refractivity contribution < 1.29 is 14.3 Å². The van der Waals surface area contributed by atoms with E-state index in [2.05, 4.69) is 38.8 Å². The number of carbonyl (C=O) groups is 2. The van der Waals surface area contributed by atoms with Gasteiger partial charge in [0.1, 0.15) is 5.75 Å². The van der Waals surface area contributed by atoms with Gasteiger partial charge in [-0.2, -0.15) is 0 Å². The number of benzene rings is 2. The van der Waals surface area contributed by atoms with Crippen LogP contribution in [0.2, 0.25) is 0 Å². The monoisotopic (exact) mass is 505 g/mol. The van der Waals surface area contributed by atoms with Crippen molar-refractivity contribution in [1.82, 2.24) is 5.32 Å². The highest BCUT2D eigenvalue weighted by molar-refractivity contribution is 9.10. The first-order valence-corrected chi connectivity index (χ1v) is 11.6. The number of hydrogen-bond acceptors (Lipinski definition) is 4. The van der Waals surface area contributed by atoms with Gasteiger partial charge in [0.25, 0.3) is 5.91 Å². The van der Waals surface area contributed by atoms with Gasteiger partial charge in [-0.05, 0) is 61.5 Å². The van der Waals surface area contributed by atoms with E-state index < -0.39 is 0 Å². The molecule has 0 unspecified atom stereocenters. The topological polar surface area (TPSA) is 79.5 Å². The predicted octanol–water partition coefficient (Wildman–Crippen LogP) is 5.88. The third-order valence-electron chi connectivity index (χ3n) is 4.29. The highest BCUT2D eigenvalue weighted by Gasteiger charge is 2.15. The molecule has 0 saturated carbocycles. The molecule has 0 atom stereocenters. The van der Waals surface area contributed by atoms with Crippen molar-refractivity contribution in [3.8, 4) is 5.75 Å². The van der Waals surface area contributed by atoms with Crippen LogP contribution in [0.1, 0.15) is 56.3 Å². The largest absolute Gasteiger partial charge is 0.493 e. The first kappa shape index (κ1) is 24.8. The highest BCUT2D eigenvalue weighted by atomic mass is 79.9. The molecule has 0 bridgehead atoms. The van der Waals surface area contributed by atoms with Crippen molar-refractivity contribution in [3.63, 3.8) is 0 Å². The number of amides is 2. The van der Waals surface area contributed by atoms with Crippen LogP contribution in [0.4, 0.5) is 11.4 Å². The molecule has 31 heavy (non-hydrogen) atoms. The summed E-state index contributed by atoms with van der Waals surface area (Å²) in [7, 11) is 0. The molecule has 2 rings (SSSR count). The quantitative estimate of drug-likeness (QED) is 0.277. The van der Waals surface area contributed by atoms with Gasteiger partial charge >= 0.3 is 0 Å². The van der Waals surface area contributed by atoms with E-state index in [1.165, 1.54) is 0 Å². The molecule has 0 saturated heterocycles. The van der Waals surface area contributed by atoms with Crippen LogP contribution in [0, 0.1) is 0 Å². The Bertz CT molecular complexity index is 921. The summed E-state index contributed by atoms with van der Waals surface area (Å²) in [5, 5.41) is 8.69. The molecule has 0 fully saturated rings. The Labute approximate surface area is 197 Å². The number of hydrogen-bond donors (Lipinski definition) is 3. The average molecular weight is 506 g/mol. The molecule has 0 aliphatic heterocycles. The van der Waals surface area contributed by atoms with Crippen LogP contribution < -0.4 is 20.7 Å². The van der Waals surface area contributed by atoms with Gasteiger partial charge in [-0.15, -0.1) is 0 Å². The van der Waals surface area contributed by atoms with E-state index >= 15 is 0 Å². The number of rotatable bonds is 10. The van der Waals surface area contributed by atoms with Crippen LogP contribution >= 0.6 is 28.1 Å². The fourth-order valence-electron chi connectivity index (χ4n) is 2.78. The predicted molar refractivity (Wildman–Crippen MR) is 133 cm³/mol. The van der Waals surface area contributed by atoms with Gasteiger partial charge in [0.05, 0.1) is 12.2 Å². The highest BCUT2D eigenvalue weighted by Crippen LogP contribution is 2.23. The Hall–Kier alpha value is -2.45. The Morgan fingerprint density at radius 2 is 1.74 bits per heavy atom. The van der Waals surface area contributed by atoms with Crippen molar-refractivity contribution in [2.75, 3.05) is 17.2 Å². The molecule has 0 heterocycles. The summed E-state index contributed by atoms with van der Waals surface area (Å²) in [5.74, 6) is 0.110. The summed E-state index contributed by atoms with van der Waals surface area (Å²) in [6.45, 7) is 4.62. The van der Waals surface area contributed by atoms with Gasteiger partial charge in [-0.3, -0.25) is 14.9 Å². The van der Waals surface area contributed by atoms with Crippen molar-refractivity contribution in [2.45, 2.75) is 46.0 Å². The summed E-state index contributed by atoms with van der Waals surface area (Å²) in [6.07, 6.45) is 4.31. The Balaban J connectivity index is 1.98. The molecule has 2 aromatic carbocycles. The lowest BCUT2D eigenvalue weighted by Gasteiger charge is -2.14. The number of unbranched alkanes of at least 4 members (excludes halogenated alkanes) is 2. The van der Waals surface area contributed by atoms with Crippen LogP contribution in [-0.4, -0.2) is 23.5 Å². The number of ether oxygens (including phenoxy) is 1. The van der Waals surface area contributed by atoms with Crippen molar-refractivity contribution in [1.29, 1.82) is 0 Å². The third-order valence-corrected chi connectivity index (χ3v) is 4.98. The van der Waals surface area contributed by atoms with Crippen LogP contribution in [0.3, 0.4) is 0 Å². The number of anilines is 2. The van der Waals surface area contributed by atoms with Crippen LogP contribution in [0.25, 0.3) is 0 Å². The van der Waals surface area contributed by atoms with Crippen LogP contribution in [0.5, 0.6) is 5.75 Å². The summed E-state index contributed by atoms with van der Waals surface area (Å²) in [5.41, 5.74) is 1.72. The van der Waals surface area contributed by atoms with Crippen molar-refractivity contribution in [2.24, 2.45) is 0 Å². The third kappa shape index (κ3) is 8.67. The van der Waals surface area contributed by atoms with Crippen molar-refractivity contribution in [3.05, 3.63) is 52.5 Å². The molecular formula is C23H28BrN3O3S. The van der Waals surface area contributed by atoms with Gasteiger partial charge < -0.3 is 15.4 Å². The van der Waals surface area contributed by atoms with E-state index in [0.29, 0.717) is 35.7 Å². The van der Waals surface area contributed by atoms with Gasteiger partial charge in [0, 0.05) is 22.3 Å². The maximum absolute atomic E-state index is 12.7. The Morgan fingerprint density at radius 1 is 1.00 bits per heavy atom. The van der Waals surface area contributed by atoms with E-state index in [9.17, 15) is 9.59 Å². The first-order chi connectivity index (χ1) is 14.9. The second-order valence-corrected chi connectivity index (χ2v) is 8.31. The summed E-state index contributed by atoms with van der Waals surface area (Å²) >= 11 is 8.68. The molecule has 6 nitrogen and oxygen atoms in total. The Morgan fingerprint density at radius 3 is 2.45 bits per heavy atom. The van der Waals surface area contributed by atoms with Gasteiger partial charge in [-0.25, -0.2) is 0 Å². The molecule has 3 N–H and O–H groups in total. The van der Waals surface area contributed by atoms with Gasteiger partial charge in [0.2, 0.25) is 5.91 Å². The lowest BCUT2D eigenvalue weighted by molar-refractivity contribution is -0.116. The molecular weight excluding hydrogens is 478 g/mol. The molecule has 0 spiro atoms. The zero-order valence-corrected chi connectivity index (χ0v) is 20.2. The molecule has 0 aliphatic carbocycles. The molecule has 2 aromatic rings. The zero-order valence-electron chi connectivity index (χ0n) is 17.8. The van der Waals surface area contributed by atoms with Gasteiger partial charge in [-0.1, -0.05) is 48.7 Å². The molecule has 8 heteroatoms. The minimum absolute atomic E-state index is 0.0178. The number of carbonyl (C=O) groups excluding carboxylic acids is 2. The molecule has 2 amide bonds. The zero-order chi connectivity index (χ0) is 22.6. The normalized spacial score (nSPS) is 10.3. The SMILES string of the molecule is CCCCCC(=O)Nc1cccc(NC(=S)NC(=O)c2cc(Br)ccc2OCCC)c1. The Kier molecular flexibility index (Phi) is 10.5. The summed E-state index contributed by atoms with van der Waals surface area (Å²) < 4.78 is 6.43. The molecule has 166 valence electrons. The van der Waals surface area contributed by atoms with Gasteiger partial charge in [0.15, 0.2) is 5.11 Å². The molecule has 0 radical (unpaired) electrons. The van der Waals surface area contributed by atoms with Crippen LogP contribution in [-0.2, 0) is 4.79 Å². The molecule has 0 aromatic heterocycles. The van der Waals surface area contributed by atoms with Crippen molar-refractivity contribution >= 4 is 56.4 Å².